The van der Waals surface area contributed by atoms with Crippen molar-refractivity contribution in [3.63, 3.8) is 0 Å². The van der Waals surface area contributed by atoms with E-state index in [1.54, 1.807) is 25.3 Å². The molecule has 0 saturated heterocycles. The Labute approximate surface area is 137 Å². The molecule has 1 aromatic rings. The Morgan fingerprint density at radius 3 is 2.73 bits per heavy atom. The van der Waals surface area contributed by atoms with E-state index in [2.05, 4.69) is 21.7 Å². The summed E-state index contributed by atoms with van der Waals surface area (Å²) in [5.41, 5.74) is 0. The number of nitrogens with zero attached hydrogens (tertiary/aromatic N) is 2. The highest BCUT2D eigenvalue weighted by Crippen LogP contribution is 2.09. The van der Waals surface area contributed by atoms with E-state index in [-0.39, 0.29) is 5.75 Å². The van der Waals surface area contributed by atoms with Crippen LogP contribution in [-0.2, 0) is 16.6 Å². The lowest BCUT2D eigenvalue weighted by Crippen LogP contribution is -2.39. The zero-order valence-electron chi connectivity index (χ0n) is 13.5. The molecule has 126 valence electrons. The Hall–Kier alpha value is -1.12. The van der Waals surface area contributed by atoms with Crippen molar-refractivity contribution in [1.82, 2.24) is 14.9 Å². The van der Waals surface area contributed by atoms with Gasteiger partial charge in [0.1, 0.15) is 0 Å². The lowest BCUT2D eigenvalue weighted by Gasteiger charge is -2.16. The van der Waals surface area contributed by atoms with Crippen molar-refractivity contribution in [2.45, 2.75) is 26.8 Å². The molecular weight excluding hydrogens is 320 g/mol. The zero-order chi connectivity index (χ0) is 16.4. The van der Waals surface area contributed by atoms with Crippen molar-refractivity contribution < 1.29 is 8.42 Å². The highest BCUT2D eigenvalue weighted by Gasteiger charge is 2.13. The maximum atomic E-state index is 11.6. The lowest BCUT2D eigenvalue weighted by atomic mass is 10.4. The van der Waals surface area contributed by atoms with Crippen LogP contribution in [0, 0.1) is 0 Å². The Morgan fingerprint density at radius 1 is 1.36 bits per heavy atom. The van der Waals surface area contributed by atoms with Gasteiger partial charge in [0.05, 0.1) is 12.3 Å². The van der Waals surface area contributed by atoms with Gasteiger partial charge in [-0.1, -0.05) is 6.07 Å². The van der Waals surface area contributed by atoms with Crippen LogP contribution in [0.4, 0.5) is 0 Å². The van der Waals surface area contributed by atoms with E-state index in [9.17, 15) is 8.42 Å². The normalized spacial score (nSPS) is 12.6. The van der Waals surface area contributed by atoms with Crippen LogP contribution in [0.2, 0.25) is 0 Å². The van der Waals surface area contributed by atoms with Crippen LogP contribution in [0.3, 0.4) is 0 Å². The predicted molar refractivity (Wildman–Crippen MR) is 93.8 cm³/mol. The largest absolute Gasteiger partial charge is 0.357 e. The fourth-order valence-electron chi connectivity index (χ4n) is 1.77. The van der Waals surface area contributed by atoms with Gasteiger partial charge in [-0.05, 0) is 31.7 Å². The predicted octanol–water partition coefficient (Wildman–Crippen LogP) is 1.47. The molecule has 0 unspecified atom stereocenters. The zero-order valence-corrected chi connectivity index (χ0v) is 15.1. The average molecular weight is 347 g/mol. The molecule has 0 bridgehead atoms. The minimum atomic E-state index is -3.09. The maximum absolute atomic E-state index is 11.6. The highest BCUT2D eigenvalue weighted by molar-refractivity contribution is 7.89. The van der Waals surface area contributed by atoms with Gasteiger partial charge < -0.3 is 10.6 Å². The molecule has 0 fully saturated rings. The summed E-state index contributed by atoms with van der Waals surface area (Å²) in [6.45, 7) is 6.30. The van der Waals surface area contributed by atoms with E-state index >= 15 is 0 Å². The molecule has 1 rings (SSSR count). The van der Waals surface area contributed by atoms with Crippen molar-refractivity contribution in [2.75, 3.05) is 32.4 Å². The van der Waals surface area contributed by atoms with E-state index in [0.717, 1.165) is 18.9 Å². The number of rotatable bonds is 9. The van der Waals surface area contributed by atoms with E-state index < -0.39 is 10.0 Å². The topological polar surface area (TPSA) is 73.8 Å². The molecule has 0 spiro atoms. The van der Waals surface area contributed by atoms with Crippen molar-refractivity contribution in [1.29, 1.82) is 0 Å². The van der Waals surface area contributed by atoms with Gasteiger partial charge in [-0.2, -0.15) is 0 Å². The van der Waals surface area contributed by atoms with Crippen LogP contribution in [0.5, 0.6) is 0 Å². The van der Waals surface area contributed by atoms with E-state index in [1.165, 1.54) is 9.18 Å². The fourth-order valence-corrected chi connectivity index (χ4v) is 3.25. The molecule has 2 N–H and O–H groups in total. The molecule has 0 aromatic carbocycles. The second-order valence-corrected chi connectivity index (χ2v) is 8.17. The SMILES string of the molecule is CCNC(=NCc1cccs1)NCCCN(C)S(=O)(=O)CC. The first-order chi connectivity index (χ1) is 10.5. The number of aliphatic imine (C=N–C) groups is 1. The number of guanidine groups is 1. The summed E-state index contributed by atoms with van der Waals surface area (Å²) in [4.78, 5) is 5.72. The van der Waals surface area contributed by atoms with Crippen LogP contribution >= 0.6 is 11.3 Å². The van der Waals surface area contributed by atoms with E-state index in [0.29, 0.717) is 19.6 Å². The number of thiophene rings is 1. The van der Waals surface area contributed by atoms with Gasteiger partial charge in [-0.25, -0.2) is 17.7 Å². The minimum Gasteiger partial charge on any atom is -0.357 e. The lowest BCUT2D eigenvalue weighted by molar-refractivity contribution is 0.461. The molecule has 1 aromatic heterocycles. The second-order valence-electron chi connectivity index (χ2n) is 4.78. The van der Waals surface area contributed by atoms with Crippen LogP contribution in [0.25, 0.3) is 0 Å². The van der Waals surface area contributed by atoms with Gasteiger partial charge in [-0.3, -0.25) is 0 Å². The first kappa shape index (κ1) is 18.9. The molecule has 0 radical (unpaired) electrons. The van der Waals surface area contributed by atoms with Gasteiger partial charge in [0.25, 0.3) is 0 Å². The minimum absolute atomic E-state index is 0.141. The van der Waals surface area contributed by atoms with Gasteiger partial charge >= 0.3 is 0 Å². The molecule has 1 heterocycles. The van der Waals surface area contributed by atoms with E-state index in [1.807, 2.05) is 18.4 Å². The van der Waals surface area contributed by atoms with Crippen LogP contribution in [0.1, 0.15) is 25.1 Å². The number of hydrogen-bond acceptors (Lipinski definition) is 4. The van der Waals surface area contributed by atoms with Crippen molar-refractivity contribution in [2.24, 2.45) is 4.99 Å². The summed E-state index contributed by atoms with van der Waals surface area (Å²) in [6, 6.07) is 4.07. The van der Waals surface area contributed by atoms with Gasteiger partial charge in [0, 0.05) is 31.6 Å². The summed E-state index contributed by atoms with van der Waals surface area (Å²) >= 11 is 1.68. The summed E-state index contributed by atoms with van der Waals surface area (Å²) in [5.74, 6) is 0.902. The molecule has 22 heavy (non-hydrogen) atoms. The molecule has 0 aliphatic heterocycles. The Morgan fingerprint density at radius 2 is 2.14 bits per heavy atom. The third kappa shape index (κ3) is 6.76. The van der Waals surface area contributed by atoms with Gasteiger partial charge in [-0.15, -0.1) is 11.3 Å². The van der Waals surface area contributed by atoms with E-state index in [4.69, 9.17) is 0 Å². The number of hydrogen-bond donors (Lipinski definition) is 2. The number of nitrogens with one attached hydrogen (secondary N) is 2. The van der Waals surface area contributed by atoms with Gasteiger partial charge in [0.15, 0.2) is 5.96 Å². The molecule has 0 saturated carbocycles. The molecule has 0 atom stereocenters. The van der Waals surface area contributed by atoms with Crippen LogP contribution < -0.4 is 10.6 Å². The highest BCUT2D eigenvalue weighted by atomic mass is 32.2. The average Bonchev–Trinajstić information content (AvgIpc) is 3.02. The number of sulfonamides is 1. The molecule has 0 aliphatic carbocycles. The summed E-state index contributed by atoms with van der Waals surface area (Å²) < 4.78 is 24.7. The summed E-state index contributed by atoms with van der Waals surface area (Å²) in [6.07, 6.45) is 0.735. The van der Waals surface area contributed by atoms with Crippen LogP contribution in [-0.4, -0.2) is 51.1 Å². The molecule has 0 amide bonds. The molecule has 8 heteroatoms. The Kier molecular flexibility index (Phi) is 8.44. The molecule has 6 nitrogen and oxygen atoms in total. The first-order valence-corrected chi connectivity index (χ1v) is 9.97. The third-order valence-electron chi connectivity index (χ3n) is 3.10. The standard InChI is InChI=1S/C14H26N4O2S2/c1-4-15-14(17-12-13-8-6-11-21-13)16-9-7-10-18(3)22(19,20)5-2/h6,8,11H,4-5,7,9-10,12H2,1-3H3,(H2,15,16,17). The molecule has 0 aliphatic rings. The maximum Gasteiger partial charge on any atom is 0.213 e. The fraction of sp³-hybridized carbons (Fsp3) is 0.643. The van der Waals surface area contributed by atoms with Crippen molar-refractivity contribution in [3.8, 4) is 0 Å². The smallest absolute Gasteiger partial charge is 0.213 e. The quantitative estimate of drug-likeness (QED) is 0.403. The van der Waals surface area contributed by atoms with Crippen molar-refractivity contribution in [3.05, 3.63) is 22.4 Å². The second kappa shape index (κ2) is 9.81. The summed E-state index contributed by atoms with van der Waals surface area (Å²) in [5, 5.41) is 8.45. The first-order valence-electron chi connectivity index (χ1n) is 7.48. The van der Waals surface area contributed by atoms with Crippen LogP contribution in [0.15, 0.2) is 22.5 Å². The third-order valence-corrected chi connectivity index (χ3v) is 5.82. The molecular formula is C14H26N4O2S2. The van der Waals surface area contributed by atoms with Gasteiger partial charge in [0.2, 0.25) is 10.0 Å². The Bertz CT molecular complexity index is 541. The summed E-state index contributed by atoms with van der Waals surface area (Å²) in [7, 11) is -1.47. The monoisotopic (exact) mass is 346 g/mol. The van der Waals surface area contributed by atoms with Crippen molar-refractivity contribution >= 4 is 27.3 Å². The Balaban J connectivity index is 2.37.